The van der Waals surface area contributed by atoms with Crippen molar-refractivity contribution in [2.45, 2.75) is 52.1 Å². The van der Waals surface area contributed by atoms with Gasteiger partial charge in [-0.15, -0.1) is 0 Å². The molecule has 0 saturated carbocycles. The van der Waals surface area contributed by atoms with E-state index in [1.807, 2.05) is 67.6 Å². The van der Waals surface area contributed by atoms with Crippen molar-refractivity contribution in [2.75, 3.05) is 16.8 Å². The molecule has 2 heterocycles. The predicted octanol–water partition coefficient (Wildman–Crippen LogP) is 7.78. The summed E-state index contributed by atoms with van der Waals surface area (Å²) in [7, 11) is 0. The molecule has 2 amide bonds. The van der Waals surface area contributed by atoms with Gasteiger partial charge in [-0.05, 0) is 92.3 Å². The zero-order valence-corrected chi connectivity index (χ0v) is 24.6. The molecule has 3 aromatic rings. The maximum absolute atomic E-state index is 13.9. The van der Waals surface area contributed by atoms with E-state index >= 15 is 0 Å². The number of benzene rings is 3. The van der Waals surface area contributed by atoms with Crippen LogP contribution in [-0.2, 0) is 14.3 Å². The molecule has 2 fully saturated rings. The number of para-hydroxylation sites is 1. The van der Waals surface area contributed by atoms with Crippen LogP contribution in [0.25, 0.3) is 6.08 Å². The van der Waals surface area contributed by atoms with E-state index in [2.05, 4.69) is 12.2 Å². The molecule has 0 unspecified atom stereocenters. The standard InChI is InChI=1S/C36H37FN2O4/c1-3-7-24-20-28-34(29-21-43-32(33(24)29)17-10-22(2)18-23-11-16-31(40)30(37)19-23)36(42)39(35(28)41)27-14-12-26(13-15-27)38-25-8-5-4-6-9-25/h4-6,8-9,11-16,18-19,28-29,32,34,38,40H,3,7,10,17,20-21H2,1-2H3/b22-18+/t28-,29+,32-,34-/m1/s1. The summed E-state index contributed by atoms with van der Waals surface area (Å²) in [6.45, 7) is 4.59. The van der Waals surface area contributed by atoms with Gasteiger partial charge in [0.25, 0.3) is 0 Å². The molecule has 43 heavy (non-hydrogen) atoms. The number of nitrogens with zero attached hydrogens (tertiary/aromatic N) is 1. The summed E-state index contributed by atoms with van der Waals surface area (Å²) in [5.41, 5.74) is 6.71. The minimum Gasteiger partial charge on any atom is -0.505 e. The zero-order valence-electron chi connectivity index (χ0n) is 24.6. The molecule has 0 spiro atoms. The van der Waals surface area contributed by atoms with Crippen LogP contribution in [0.5, 0.6) is 5.75 Å². The molecule has 0 aromatic heterocycles. The molecule has 2 N–H and O–H groups in total. The highest BCUT2D eigenvalue weighted by Crippen LogP contribution is 2.51. The first kappa shape index (κ1) is 28.9. The Kier molecular flexibility index (Phi) is 8.17. The lowest BCUT2D eigenvalue weighted by Gasteiger charge is -2.31. The van der Waals surface area contributed by atoms with E-state index in [4.69, 9.17) is 4.74 Å². The normalized spacial score (nSPS) is 23.5. The number of halogens is 1. The van der Waals surface area contributed by atoms with E-state index in [9.17, 15) is 19.1 Å². The van der Waals surface area contributed by atoms with Crippen molar-refractivity contribution >= 4 is 35.0 Å². The van der Waals surface area contributed by atoms with Gasteiger partial charge in [0.1, 0.15) is 0 Å². The van der Waals surface area contributed by atoms with Gasteiger partial charge in [0, 0.05) is 17.3 Å². The molecule has 6 rings (SSSR count). The van der Waals surface area contributed by atoms with Crippen molar-refractivity contribution in [1.29, 1.82) is 0 Å². The van der Waals surface area contributed by atoms with E-state index in [0.29, 0.717) is 24.3 Å². The van der Waals surface area contributed by atoms with E-state index in [1.165, 1.54) is 28.2 Å². The zero-order chi connectivity index (χ0) is 30.1. The summed E-state index contributed by atoms with van der Waals surface area (Å²) in [6.07, 6.45) is 5.76. The van der Waals surface area contributed by atoms with Gasteiger partial charge in [0.2, 0.25) is 11.8 Å². The topological polar surface area (TPSA) is 78.9 Å². The first-order valence-electron chi connectivity index (χ1n) is 15.1. The van der Waals surface area contributed by atoms with Crippen LogP contribution in [-0.4, -0.2) is 29.6 Å². The molecule has 3 aliphatic rings. The van der Waals surface area contributed by atoms with Gasteiger partial charge in [-0.25, -0.2) is 4.39 Å². The maximum atomic E-state index is 13.9. The van der Waals surface area contributed by atoms with Crippen LogP contribution in [0.3, 0.4) is 0 Å². The lowest BCUT2D eigenvalue weighted by molar-refractivity contribution is -0.122. The molecule has 4 atom stereocenters. The first-order valence-corrected chi connectivity index (χ1v) is 15.1. The fraction of sp³-hybridized carbons (Fsp3) is 0.333. The maximum Gasteiger partial charge on any atom is 0.238 e. The molecule has 222 valence electrons. The number of fused-ring (bicyclic) bond motifs is 3. The first-order chi connectivity index (χ1) is 20.8. The molecule has 7 heteroatoms. The van der Waals surface area contributed by atoms with E-state index in [0.717, 1.165) is 42.6 Å². The number of anilines is 3. The number of amides is 2. The summed E-state index contributed by atoms with van der Waals surface area (Å²) in [5, 5.41) is 12.8. The van der Waals surface area contributed by atoms with Gasteiger partial charge in [-0.3, -0.25) is 14.5 Å². The Labute approximate surface area is 251 Å². The molecule has 3 aromatic carbocycles. The lowest BCUT2D eigenvalue weighted by Crippen LogP contribution is -2.34. The summed E-state index contributed by atoms with van der Waals surface area (Å²) < 4.78 is 20.1. The Morgan fingerprint density at radius 2 is 1.77 bits per heavy atom. The summed E-state index contributed by atoms with van der Waals surface area (Å²) in [5.74, 6) is -2.12. The SMILES string of the molecule is CCCC1=C2[C@@H](CC/C(C)=C/c3ccc(O)c(F)c3)OC[C@@H]2[C@@H]2C(=O)N(c3ccc(Nc4ccccc4)cc3)C(=O)[C@@H]2C1. The van der Waals surface area contributed by atoms with Crippen LogP contribution in [0, 0.1) is 23.6 Å². The Bertz CT molecular complexity index is 1580. The molecule has 1 aliphatic carbocycles. The van der Waals surface area contributed by atoms with Crippen molar-refractivity contribution in [2.24, 2.45) is 17.8 Å². The van der Waals surface area contributed by atoms with Crippen LogP contribution in [0.15, 0.2) is 89.5 Å². The predicted molar refractivity (Wildman–Crippen MR) is 166 cm³/mol. The number of imide groups is 1. The number of carbonyl (C=O) groups excluding carboxylic acids is 2. The van der Waals surface area contributed by atoms with Crippen LogP contribution in [0.1, 0.15) is 51.5 Å². The Hall–Kier alpha value is -4.23. The second-order valence-corrected chi connectivity index (χ2v) is 11.9. The van der Waals surface area contributed by atoms with Gasteiger partial charge in [-0.2, -0.15) is 0 Å². The largest absolute Gasteiger partial charge is 0.505 e. The minimum atomic E-state index is -0.640. The third-order valence-corrected chi connectivity index (χ3v) is 8.93. The second kappa shape index (κ2) is 12.2. The van der Waals surface area contributed by atoms with Crippen LogP contribution >= 0.6 is 0 Å². The van der Waals surface area contributed by atoms with Crippen molar-refractivity contribution in [3.8, 4) is 5.75 Å². The van der Waals surface area contributed by atoms with E-state index in [1.54, 1.807) is 6.07 Å². The summed E-state index contributed by atoms with van der Waals surface area (Å²) >= 11 is 0. The van der Waals surface area contributed by atoms with Gasteiger partial charge < -0.3 is 15.2 Å². The number of aromatic hydroxyl groups is 1. The number of phenolic OH excluding ortho intramolecular Hbond substituents is 1. The fourth-order valence-corrected chi connectivity index (χ4v) is 6.98. The van der Waals surface area contributed by atoms with Crippen LogP contribution < -0.4 is 10.2 Å². The van der Waals surface area contributed by atoms with Gasteiger partial charge >= 0.3 is 0 Å². The second-order valence-electron chi connectivity index (χ2n) is 11.9. The summed E-state index contributed by atoms with van der Waals surface area (Å²) in [4.78, 5) is 29.1. The van der Waals surface area contributed by atoms with E-state index in [-0.39, 0.29) is 35.5 Å². The van der Waals surface area contributed by atoms with Crippen molar-refractivity contribution in [3.05, 3.63) is 101 Å². The number of phenols is 1. The Morgan fingerprint density at radius 3 is 2.49 bits per heavy atom. The number of allylic oxidation sites excluding steroid dienone is 2. The number of ether oxygens (including phenoxy) is 1. The molecular formula is C36H37FN2O4. The molecular weight excluding hydrogens is 543 g/mol. The molecule has 0 bridgehead atoms. The van der Waals surface area contributed by atoms with Gasteiger partial charge in [0.05, 0.1) is 30.2 Å². The minimum absolute atomic E-state index is 0.0961. The number of hydrogen-bond acceptors (Lipinski definition) is 5. The number of carbonyl (C=O) groups is 2. The molecule has 2 aliphatic heterocycles. The molecule has 6 nitrogen and oxygen atoms in total. The third-order valence-electron chi connectivity index (χ3n) is 8.93. The highest BCUT2D eigenvalue weighted by molar-refractivity contribution is 6.22. The van der Waals surface area contributed by atoms with Crippen molar-refractivity contribution in [3.63, 3.8) is 0 Å². The van der Waals surface area contributed by atoms with Gasteiger partial charge in [-0.1, -0.05) is 54.8 Å². The quantitative estimate of drug-likeness (QED) is 0.200. The van der Waals surface area contributed by atoms with Crippen LogP contribution in [0.2, 0.25) is 0 Å². The number of hydrogen-bond donors (Lipinski definition) is 2. The Morgan fingerprint density at radius 1 is 1.02 bits per heavy atom. The van der Waals surface area contributed by atoms with Gasteiger partial charge in [0.15, 0.2) is 11.6 Å². The average molecular weight is 581 g/mol. The molecule has 0 radical (unpaired) electrons. The van der Waals surface area contributed by atoms with Crippen molar-refractivity contribution in [1.82, 2.24) is 0 Å². The van der Waals surface area contributed by atoms with Crippen molar-refractivity contribution < 1.29 is 23.8 Å². The smallest absolute Gasteiger partial charge is 0.238 e. The highest BCUT2D eigenvalue weighted by Gasteiger charge is 2.57. The third kappa shape index (κ3) is 5.74. The fourth-order valence-electron chi connectivity index (χ4n) is 6.98. The molecule has 2 saturated heterocycles. The van der Waals surface area contributed by atoms with E-state index < -0.39 is 11.7 Å². The summed E-state index contributed by atoms with van der Waals surface area (Å²) in [6, 6.07) is 21.7. The monoisotopic (exact) mass is 580 g/mol. The number of nitrogens with one attached hydrogen (secondary N) is 1. The lowest BCUT2D eigenvalue weighted by atomic mass is 9.68. The average Bonchev–Trinajstić information content (AvgIpc) is 3.53. The van der Waals surface area contributed by atoms with Crippen LogP contribution in [0.4, 0.5) is 21.5 Å². The Balaban J connectivity index is 1.18. The highest BCUT2D eigenvalue weighted by atomic mass is 19.1. The number of rotatable bonds is 9.